The van der Waals surface area contributed by atoms with Gasteiger partial charge in [-0.3, -0.25) is 0 Å². The van der Waals surface area contributed by atoms with Crippen molar-refractivity contribution in [2.75, 3.05) is 5.32 Å². The van der Waals surface area contributed by atoms with Crippen molar-refractivity contribution in [3.63, 3.8) is 0 Å². The lowest BCUT2D eigenvalue weighted by molar-refractivity contribution is 0.622. The van der Waals surface area contributed by atoms with Crippen LogP contribution in [0.5, 0.6) is 0 Å². The van der Waals surface area contributed by atoms with Gasteiger partial charge in [0.2, 0.25) is 0 Å². The zero-order valence-corrected chi connectivity index (χ0v) is 9.33. The summed E-state index contributed by atoms with van der Waals surface area (Å²) in [6.07, 6.45) is 5.16. The van der Waals surface area contributed by atoms with Crippen molar-refractivity contribution in [3.8, 4) is 6.07 Å². The Morgan fingerprint density at radius 1 is 1.47 bits per heavy atom. The lowest BCUT2D eigenvalue weighted by Gasteiger charge is -2.16. The molecule has 0 aliphatic heterocycles. The molecule has 1 heterocycles. The van der Waals surface area contributed by atoms with Gasteiger partial charge in [0.05, 0.1) is 11.9 Å². The van der Waals surface area contributed by atoms with E-state index in [9.17, 15) is 0 Å². The first-order valence-corrected chi connectivity index (χ1v) is 5.42. The van der Waals surface area contributed by atoms with Crippen LogP contribution >= 0.6 is 0 Å². The van der Waals surface area contributed by atoms with Crippen LogP contribution < -0.4 is 5.32 Å². The lowest BCUT2D eigenvalue weighted by atomic mass is 10.1. The SMILES string of the molecule is CCCC(CC)Nc1ccc(C#N)nc1. The van der Waals surface area contributed by atoms with Crippen LogP contribution in [0.15, 0.2) is 18.3 Å². The fourth-order valence-corrected chi connectivity index (χ4v) is 1.51. The Balaban J connectivity index is 2.59. The molecule has 1 aromatic rings. The number of pyridine rings is 1. The molecule has 80 valence electrons. The fourth-order valence-electron chi connectivity index (χ4n) is 1.51. The van der Waals surface area contributed by atoms with Crippen molar-refractivity contribution in [1.29, 1.82) is 5.26 Å². The Morgan fingerprint density at radius 2 is 2.27 bits per heavy atom. The summed E-state index contributed by atoms with van der Waals surface area (Å²) in [5, 5.41) is 12.0. The van der Waals surface area contributed by atoms with E-state index >= 15 is 0 Å². The molecule has 1 aromatic heterocycles. The molecule has 0 radical (unpaired) electrons. The number of nitrogens with one attached hydrogen (secondary N) is 1. The second-order valence-electron chi connectivity index (χ2n) is 3.58. The summed E-state index contributed by atoms with van der Waals surface area (Å²) in [6, 6.07) is 6.16. The lowest BCUT2D eigenvalue weighted by Crippen LogP contribution is -2.17. The average Bonchev–Trinajstić information content (AvgIpc) is 2.29. The first-order chi connectivity index (χ1) is 7.30. The van der Waals surface area contributed by atoms with E-state index < -0.39 is 0 Å². The molecule has 3 nitrogen and oxygen atoms in total. The van der Waals surface area contributed by atoms with Gasteiger partial charge >= 0.3 is 0 Å². The Morgan fingerprint density at radius 3 is 2.73 bits per heavy atom. The van der Waals surface area contributed by atoms with E-state index in [0.717, 1.165) is 18.5 Å². The summed E-state index contributed by atoms with van der Waals surface area (Å²) < 4.78 is 0. The van der Waals surface area contributed by atoms with Crippen LogP contribution in [0, 0.1) is 11.3 Å². The van der Waals surface area contributed by atoms with Gasteiger partial charge in [0, 0.05) is 6.04 Å². The topological polar surface area (TPSA) is 48.7 Å². The van der Waals surface area contributed by atoms with Crippen LogP contribution in [0.2, 0.25) is 0 Å². The molecule has 0 aromatic carbocycles. The van der Waals surface area contributed by atoms with Gasteiger partial charge in [0.1, 0.15) is 11.8 Å². The maximum Gasteiger partial charge on any atom is 0.140 e. The van der Waals surface area contributed by atoms with Crippen molar-refractivity contribution in [2.24, 2.45) is 0 Å². The van der Waals surface area contributed by atoms with Gasteiger partial charge in [0.15, 0.2) is 0 Å². The molecular formula is C12H17N3. The summed E-state index contributed by atoms with van der Waals surface area (Å²) in [5.74, 6) is 0. The van der Waals surface area contributed by atoms with Crippen LogP contribution in [0.4, 0.5) is 5.69 Å². The van der Waals surface area contributed by atoms with Gasteiger partial charge in [0.25, 0.3) is 0 Å². The molecule has 1 atom stereocenters. The number of nitriles is 1. The van der Waals surface area contributed by atoms with Crippen LogP contribution in [0.25, 0.3) is 0 Å². The van der Waals surface area contributed by atoms with Gasteiger partial charge in [-0.05, 0) is 25.0 Å². The molecule has 0 saturated carbocycles. The van der Waals surface area contributed by atoms with Crippen molar-refractivity contribution in [1.82, 2.24) is 4.98 Å². The number of hydrogen-bond donors (Lipinski definition) is 1. The van der Waals surface area contributed by atoms with Gasteiger partial charge in [-0.15, -0.1) is 0 Å². The monoisotopic (exact) mass is 203 g/mol. The highest BCUT2D eigenvalue weighted by molar-refractivity contribution is 5.43. The predicted octanol–water partition coefficient (Wildman–Crippen LogP) is 2.94. The second kappa shape index (κ2) is 6.02. The van der Waals surface area contributed by atoms with Crippen LogP contribution in [-0.4, -0.2) is 11.0 Å². The van der Waals surface area contributed by atoms with Crippen LogP contribution in [0.1, 0.15) is 38.8 Å². The third-order valence-electron chi connectivity index (χ3n) is 2.38. The number of nitrogens with zero attached hydrogens (tertiary/aromatic N) is 2. The number of anilines is 1. The third-order valence-corrected chi connectivity index (χ3v) is 2.38. The largest absolute Gasteiger partial charge is 0.381 e. The van der Waals surface area contributed by atoms with Gasteiger partial charge in [-0.25, -0.2) is 4.98 Å². The minimum atomic E-state index is 0.462. The molecule has 1 rings (SSSR count). The maximum atomic E-state index is 8.61. The number of aromatic nitrogens is 1. The highest BCUT2D eigenvalue weighted by Crippen LogP contribution is 2.11. The number of hydrogen-bond acceptors (Lipinski definition) is 3. The van der Waals surface area contributed by atoms with E-state index in [-0.39, 0.29) is 0 Å². The molecule has 1 N–H and O–H groups in total. The van der Waals surface area contributed by atoms with E-state index in [2.05, 4.69) is 24.1 Å². The quantitative estimate of drug-likeness (QED) is 0.800. The fraction of sp³-hybridized carbons (Fsp3) is 0.500. The minimum Gasteiger partial charge on any atom is -0.381 e. The smallest absolute Gasteiger partial charge is 0.140 e. The Labute approximate surface area is 91.1 Å². The zero-order chi connectivity index (χ0) is 11.1. The normalized spacial score (nSPS) is 11.8. The van der Waals surface area contributed by atoms with Crippen molar-refractivity contribution >= 4 is 5.69 Å². The first kappa shape index (κ1) is 11.5. The van der Waals surface area contributed by atoms with Crippen molar-refractivity contribution in [2.45, 2.75) is 39.2 Å². The minimum absolute atomic E-state index is 0.462. The summed E-state index contributed by atoms with van der Waals surface area (Å²) in [6.45, 7) is 4.35. The molecular weight excluding hydrogens is 186 g/mol. The van der Waals surface area contributed by atoms with E-state index in [0.29, 0.717) is 11.7 Å². The average molecular weight is 203 g/mol. The highest BCUT2D eigenvalue weighted by Gasteiger charge is 2.04. The molecule has 0 amide bonds. The Bertz CT molecular complexity index is 324. The Kier molecular flexibility index (Phi) is 4.62. The van der Waals surface area contributed by atoms with Gasteiger partial charge < -0.3 is 5.32 Å². The van der Waals surface area contributed by atoms with E-state index in [1.807, 2.05) is 12.1 Å². The summed E-state index contributed by atoms with van der Waals surface area (Å²) in [4.78, 5) is 4.02. The van der Waals surface area contributed by atoms with E-state index in [1.165, 1.54) is 6.42 Å². The predicted molar refractivity (Wildman–Crippen MR) is 61.6 cm³/mol. The zero-order valence-electron chi connectivity index (χ0n) is 9.33. The molecule has 0 aliphatic carbocycles. The molecule has 0 aliphatic rings. The van der Waals surface area contributed by atoms with Crippen molar-refractivity contribution in [3.05, 3.63) is 24.0 Å². The second-order valence-corrected chi connectivity index (χ2v) is 3.58. The molecule has 3 heteroatoms. The van der Waals surface area contributed by atoms with E-state index in [1.54, 1.807) is 12.3 Å². The van der Waals surface area contributed by atoms with Gasteiger partial charge in [-0.2, -0.15) is 5.26 Å². The standard InChI is InChI=1S/C12H17N3/c1-3-5-10(4-2)15-12-7-6-11(8-13)14-9-12/h6-7,9-10,15H,3-5H2,1-2H3. The van der Waals surface area contributed by atoms with Gasteiger partial charge in [-0.1, -0.05) is 20.3 Å². The van der Waals surface area contributed by atoms with E-state index in [4.69, 9.17) is 5.26 Å². The highest BCUT2D eigenvalue weighted by atomic mass is 14.9. The molecule has 1 unspecified atom stereocenters. The Hall–Kier alpha value is -1.56. The van der Waals surface area contributed by atoms with Crippen LogP contribution in [0.3, 0.4) is 0 Å². The molecule has 0 spiro atoms. The summed E-state index contributed by atoms with van der Waals surface area (Å²) in [5.41, 5.74) is 1.46. The maximum absolute atomic E-state index is 8.61. The van der Waals surface area contributed by atoms with Crippen molar-refractivity contribution < 1.29 is 0 Å². The molecule has 0 bridgehead atoms. The summed E-state index contributed by atoms with van der Waals surface area (Å²) >= 11 is 0. The summed E-state index contributed by atoms with van der Waals surface area (Å²) in [7, 11) is 0. The third kappa shape index (κ3) is 3.59. The molecule has 15 heavy (non-hydrogen) atoms. The molecule has 0 saturated heterocycles. The first-order valence-electron chi connectivity index (χ1n) is 5.42. The molecule has 0 fully saturated rings. The van der Waals surface area contributed by atoms with Crippen LogP contribution in [-0.2, 0) is 0 Å². The number of rotatable bonds is 5.